The van der Waals surface area contributed by atoms with Crippen molar-refractivity contribution in [1.29, 1.82) is 0 Å². The summed E-state index contributed by atoms with van der Waals surface area (Å²) in [7, 11) is 0. The molecule has 2 aromatic carbocycles. The molecule has 3 nitrogen and oxygen atoms in total. The van der Waals surface area contributed by atoms with Crippen LogP contribution in [0.3, 0.4) is 0 Å². The largest absolute Gasteiger partial charge is 0.457 e. The predicted molar refractivity (Wildman–Crippen MR) is 90.0 cm³/mol. The van der Waals surface area contributed by atoms with Gasteiger partial charge in [0, 0.05) is 18.6 Å². The number of benzene rings is 2. The van der Waals surface area contributed by atoms with Gasteiger partial charge in [-0.2, -0.15) is 0 Å². The molecule has 1 saturated carbocycles. The van der Waals surface area contributed by atoms with Crippen molar-refractivity contribution in [3.05, 3.63) is 60.2 Å². The Hall–Kier alpha value is -1.84. The van der Waals surface area contributed by atoms with Crippen LogP contribution in [0.1, 0.15) is 31.2 Å². The lowest BCUT2D eigenvalue weighted by molar-refractivity contribution is 0.341. The summed E-state index contributed by atoms with van der Waals surface area (Å²) >= 11 is 0. The number of nitrogens with one attached hydrogen (secondary N) is 1. The second kappa shape index (κ2) is 7.43. The first-order valence-electron chi connectivity index (χ1n) is 8.10. The van der Waals surface area contributed by atoms with Crippen molar-refractivity contribution in [2.75, 3.05) is 0 Å². The van der Waals surface area contributed by atoms with Gasteiger partial charge in [-0.3, -0.25) is 0 Å². The molecule has 3 heteroatoms. The second-order valence-electron chi connectivity index (χ2n) is 6.06. The van der Waals surface area contributed by atoms with E-state index < -0.39 is 0 Å². The molecule has 0 atom stereocenters. The highest BCUT2D eigenvalue weighted by molar-refractivity contribution is 5.33. The van der Waals surface area contributed by atoms with Crippen LogP contribution in [0, 0.1) is 0 Å². The van der Waals surface area contributed by atoms with Crippen LogP contribution in [0.4, 0.5) is 0 Å². The van der Waals surface area contributed by atoms with Gasteiger partial charge in [0.05, 0.1) is 0 Å². The molecule has 0 unspecified atom stereocenters. The Bertz CT molecular complexity index is 577. The molecule has 116 valence electrons. The van der Waals surface area contributed by atoms with E-state index in [0.29, 0.717) is 12.1 Å². The third kappa shape index (κ3) is 4.33. The van der Waals surface area contributed by atoms with Gasteiger partial charge in [0.1, 0.15) is 11.5 Å². The maximum Gasteiger partial charge on any atom is 0.127 e. The average Bonchev–Trinajstić information content (AvgIpc) is 2.56. The molecule has 0 bridgehead atoms. The second-order valence-corrected chi connectivity index (χ2v) is 6.06. The third-order valence-corrected chi connectivity index (χ3v) is 4.24. The van der Waals surface area contributed by atoms with Gasteiger partial charge < -0.3 is 15.8 Å². The van der Waals surface area contributed by atoms with Gasteiger partial charge in [-0.1, -0.05) is 30.3 Å². The fraction of sp³-hybridized carbons (Fsp3) is 0.368. The summed E-state index contributed by atoms with van der Waals surface area (Å²) in [6, 6.07) is 19.2. The normalized spacial score (nSPS) is 21.5. The highest BCUT2D eigenvalue weighted by Crippen LogP contribution is 2.22. The van der Waals surface area contributed by atoms with Crippen molar-refractivity contribution < 1.29 is 4.74 Å². The van der Waals surface area contributed by atoms with Crippen LogP contribution in [0.15, 0.2) is 54.6 Å². The molecule has 22 heavy (non-hydrogen) atoms. The molecule has 0 amide bonds. The Balaban J connectivity index is 1.55. The molecular weight excluding hydrogens is 272 g/mol. The van der Waals surface area contributed by atoms with E-state index in [9.17, 15) is 0 Å². The van der Waals surface area contributed by atoms with Crippen molar-refractivity contribution in [2.45, 2.75) is 44.3 Å². The molecule has 2 aromatic rings. The molecule has 3 rings (SSSR count). The summed E-state index contributed by atoms with van der Waals surface area (Å²) in [6.07, 6.45) is 4.63. The fourth-order valence-electron chi connectivity index (χ4n) is 2.93. The number of hydrogen-bond acceptors (Lipinski definition) is 3. The molecule has 0 radical (unpaired) electrons. The van der Waals surface area contributed by atoms with Crippen LogP contribution < -0.4 is 15.8 Å². The van der Waals surface area contributed by atoms with E-state index in [0.717, 1.165) is 30.9 Å². The van der Waals surface area contributed by atoms with Gasteiger partial charge in [-0.25, -0.2) is 0 Å². The number of rotatable bonds is 5. The van der Waals surface area contributed by atoms with Crippen LogP contribution in [0.25, 0.3) is 0 Å². The molecule has 3 N–H and O–H groups in total. The Kier molecular flexibility index (Phi) is 5.09. The first-order chi connectivity index (χ1) is 10.8. The van der Waals surface area contributed by atoms with Gasteiger partial charge in [-0.15, -0.1) is 0 Å². The molecule has 0 saturated heterocycles. The summed E-state index contributed by atoms with van der Waals surface area (Å²) in [5.41, 5.74) is 7.21. The summed E-state index contributed by atoms with van der Waals surface area (Å²) in [5.74, 6) is 1.75. The number of para-hydroxylation sites is 1. The van der Waals surface area contributed by atoms with E-state index in [1.807, 2.05) is 42.5 Å². The van der Waals surface area contributed by atoms with Crippen molar-refractivity contribution in [2.24, 2.45) is 5.73 Å². The first kappa shape index (κ1) is 15.1. The summed E-state index contributed by atoms with van der Waals surface area (Å²) in [4.78, 5) is 0. The molecule has 1 aliphatic carbocycles. The molecule has 1 fully saturated rings. The van der Waals surface area contributed by atoms with Crippen LogP contribution in [-0.2, 0) is 6.54 Å². The van der Waals surface area contributed by atoms with Crippen molar-refractivity contribution in [1.82, 2.24) is 5.32 Å². The molecule has 0 aliphatic heterocycles. The van der Waals surface area contributed by atoms with Gasteiger partial charge >= 0.3 is 0 Å². The van der Waals surface area contributed by atoms with Crippen LogP contribution in [0.2, 0.25) is 0 Å². The van der Waals surface area contributed by atoms with Crippen molar-refractivity contribution >= 4 is 0 Å². The first-order valence-corrected chi connectivity index (χ1v) is 8.10. The minimum absolute atomic E-state index is 0.403. The monoisotopic (exact) mass is 296 g/mol. The zero-order chi connectivity index (χ0) is 15.2. The maximum absolute atomic E-state index is 5.95. The number of hydrogen-bond donors (Lipinski definition) is 2. The predicted octanol–water partition coefficient (Wildman–Crippen LogP) is 3.84. The zero-order valence-electron chi connectivity index (χ0n) is 12.9. The van der Waals surface area contributed by atoms with E-state index in [1.165, 1.54) is 18.4 Å². The van der Waals surface area contributed by atoms with Gasteiger partial charge in [0.25, 0.3) is 0 Å². The smallest absolute Gasteiger partial charge is 0.127 e. The van der Waals surface area contributed by atoms with E-state index in [2.05, 4.69) is 17.4 Å². The Labute approximate surface area is 132 Å². The highest BCUT2D eigenvalue weighted by atomic mass is 16.5. The van der Waals surface area contributed by atoms with E-state index >= 15 is 0 Å². The van der Waals surface area contributed by atoms with E-state index in [-0.39, 0.29) is 0 Å². The Morgan fingerprint density at radius 1 is 0.909 bits per heavy atom. The molecule has 0 spiro atoms. The fourth-order valence-corrected chi connectivity index (χ4v) is 2.93. The Morgan fingerprint density at radius 2 is 1.64 bits per heavy atom. The quantitative estimate of drug-likeness (QED) is 0.881. The topological polar surface area (TPSA) is 47.3 Å². The Morgan fingerprint density at radius 3 is 2.41 bits per heavy atom. The van der Waals surface area contributed by atoms with Gasteiger partial charge in [0.2, 0.25) is 0 Å². The number of ether oxygens (including phenoxy) is 1. The zero-order valence-corrected chi connectivity index (χ0v) is 12.9. The summed E-state index contributed by atoms with van der Waals surface area (Å²) in [5, 5.41) is 3.64. The minimum Gasteiger partial charge on any atom is -0.457 e. The average molecular weight is 296 g/mol. The van der Waals surface area contributed by atoms with Crippen molar-refractivity contribution in [3.8, 4) is 11.5 Å². The van der Waals surface area contributed by atoms with Crippen LogP contribution in [0.5, 0.6) is 11.5 Å². The lowest BCUT2D eigenvalue weighted by Gasteiger charge is -2.27. The summed E-state index contributed by atoms with van der Waals surface area (Å²) in [6.45, 7) is 0.881. The molecule has 1 aliphatic rings. The van der Waals surface area contributed by atoms with E-state index in [4.69, 9.17) is 10.5 Å². The molecular formula is C19H24N2O. The third-order valence-electron chi connectivity index (χ3n) is 4.24. The highest BCUT2D eigenvalue weighted by Gasteiger charge is 2.17. The summed E-state index contributed by atoms with van der Waals surface area (Å²) < 4.78 is 5.88. The molecule has 0 aromatic heterocycles. The van der Waals surface area contributed by atoms with Crippen LogP contribution in [-0.4, -0.2) is 12.1 Å². The van der Waals surface area contributed by atoms with Crippen LogP contribution >= 0.6 is 0 Å². The van der Waals surface area contributed by atoms with Gasteiger partial charge in [0.15, 0.2) is 0 Å². The molecule has 0 heterocycles. The number of nitrogens with two attached hydrogens (primary N) is 1. The maximum atomic E-state index is 5.95. The minimum atomic E-state index is 0.403. The standard InChI is InChI=1S/C19H24N2O/c20-16-9-11-17(12-10-16)21-14-15-5-4-8-19(13-15)22-18-6-2-1-3-7-18/h1-8,13,16-17,21H,9-12,14,20H2. The lowest BCUT2D eigenvalue weighted by Crippen LogP contribution is -2.37. The van der Waals surface area contributed by atoms with Crippen molar-refractivity contribution in [3.63, 3.8) is 0 Å². The van der Waals surface area contributed by atoms with Gasteiger partial charge in [-0.05, 0) is 55.5 Å². The lowest BCUT2D eigenvalue weighted by atomic mass is 9.92. The van der Waals surface area contributed by atoms with E-state index in [1.54, 1.807) is 0 Å². The SMILES string of the molecule is NC1CCC(NCc2cccc(Oc3ccccc3)c2)CC1.